The monoisotopic (exact) mass is 225 g/mol. The van der Waals surface area contributed by atoms with Crippen LogP contribution < -0.4 is 5.32 Å². The molecule has 0 aromatic heterocycles. The van der Waals surface area contributed by atoms with E-state index in [2.05, 4.69) is 10.1 Å². The third-order valence-electron chi connectivity index (χ3n) is 1.48. The van der Waals surface area contributed by atoms with Gasteiger partial charge in [-0.1, -0.05) is 0 Å². The number of ether oxygens (including phenoxy) is 2. The van der Waals surface area contributed by atoms with Crippen LogP contribution in [0.1, 0.15) is 20.8 Å². The zero-order valence-corrected chi connectivity index (χ0v) is 9.69. The summed E-state index contributed by atoms with van der Waals surface area (Å²) < 4.78 is 33.4. The van der Waals surface area contributed by atoms with E-state index < -0.39 is 13.0 Å². The molecule has 0 spiro atoms. The van der Waals surface area contributed by atoms with Crippen molar-refractivity contribution in [2.75, 3.05) is 32.9 Å². The minimum atomic E-state index is -2.38. The van der Waals surface area contributed by atoms with Crippen molar-refractivity contribution in [2.45, 2.75) is 32.8 Å². The smallest absolute Gasteiger partial charge is 0.261 e. The van der Waals surface area contributed by atoms with Gasteiger partial charge in [0.2, 0.25) is 0 Å². The van der Waals surface area contributed by atoms with Gasteiger partial charge in [-0.2, -0.15) is 0 Å². The van der Waals surface area contributed by atoms with E-state index in [0.717, 1.165) is 0 Å². The topological polar surface area (TPSA) is 30.5 Å². The van der Waals surface area contributed by atoms with Crippen LogP contribution in [0.5, 0.6) is 0 Å². The van der Waals surface area contributed by atoms with E-state index in [1.165, 1.54) is 0 Å². The maximum absolute atomic E-state index is 11.6. The van der Waals surface area contributed by atoms with E-state index in [0.29, 0.717) is 26.3 Å². The Morgan fingerprint density at radius 3 is 2.27 bits per heavy atom. The summed E-state index contributed by atoms with van der Waals surface area (Å²) in [4.78, 5) is 0. The Kier molecular flexibility index (Phi) is 7.82. The molecule has 3 nitrogen and oxygen atoms in total. The van der Waals surface area contributed by atoms with Crippen LogP contribution >= 0.6 is 0 Å². The van der Waals surface area contributed by atoms with E-state index in [9.17, 15) is 8.78 Å². The van der Waals surface area contributed by atoms with Crippen LogP contribution in [0, 0.1) is 0 Å². The first-order valence-corrected chi connectivity index (χ1v) is 5.12. The first-order chi connectivity index (χ1) is 6.92. The van der Waals surface area contributed by atoms with Gasteiger partial charge in [0.25, 0.3) is 6.43 Å². The van der Waals surface area contributed by atoms with Gasteiger partial charge in [0.05, 0.1) is 18.8 Å². The molecule has 0 bridgehead atoms. The second kappa shape index (κ2) is 7.96. The third kappa shape index (κ3) is 13.7. The Balaban J connectivity index is 3.06. The van der Waals surface area contributed by atoms with Crippen LogP contribution in [-0.4, -0.2) is 44.9 Å². The summed E-state index contributed by atoms with van der Waals surface area (Å²) in [5, 5.41) is 3.04. The Morgan fingerprint density at radius 2 is 1.73 bits per heavy atom. The van der Waals surface area contributed by atoms with Crippen molar-refractivity contribution in [3.63, 3.8) is 0 Å². The molecule has 15 heavy (non-hydrogen) atoms. The highest BCUT2D eigenvalue weighted by Gasteiger charge is 2.08. The first-order valence-electron chi connectivity index (χ1n) is 5.12. The molecule has 0 aliphatic rings. The van der Waals surface area contributed by atoms with Crippen LogP contribution in [0.15, 0.2) is 0 Å². The number of nitrogens with one attached hydrogen (secondary N) is 1. The van der Waals surface area contributed by atoms with Crippen LogP contribution in [0.25, 0.3) is 0 Å². The van der Waals surface area contributed by atoms with E-state index in [1.807, 2.05) is 20.8 Å². The van der Waals surface area contributed by atoms with Gasteiger partial charge < -0.3 is 14.8 Å². The van der Waals surface area contributed by atoms with Crippen LogP contribution in [0.4, 0.5) is 8.78 Å². The van der Waals surface area contributed by atoms with Crippen molar-refractivity contribution < 1.29 is 18.3 Å². The summed E-state index contributed by atoms with van der Waals surface area (Å²) in [5.41, 5.74) is -0.131. The fraction of sp³-hybridized carbons (Fsp3) is 1.00. The van der Waals surface area contributed by atoms with Gasteiger partial charge in [-0.3, -0.25) is 0 Å². The molecular formula is C10H21F2NO2. The van der Waals surface area contributed by atoms with Gasteiger partial charge in [0.15, 0.2) is 0 Å². The van der Waals surface area contributed by atoms with E-state index in [4.69, 9.17) is 4.74 Å². The Bertz CT molecular complexity index is 149. The molecule has 0 aliphatic carbocycles. The minimum Gasteiger partial charge on any atom is -0.375 e. The highest BCUT2D eigenvalue weighted by Crippen LogP contribution is 2.04. The van der Waals surface area contributed by atoms with Crippen molar-refractivity contribution in [2.24, 2.45) is 0 Å². The maximum Gasteiger partial charge on any atom is 0.261 e. The highest BCUT2D eigenvalue weighted by atomic mass is 19.3. The van der Waals surface area contributed by atoms with Gasteiger partial charge in [0, 0.05) is 13.1 Å². The molecule has 0 radical (unpaired) electrons. The molecule has 0 rings (SSSR count). The molecule has 0 fully saturated rings. The fourth-order valence-corrected chi connectivity index (χ4v) is 0.871. The lowest BCUT2D eigenvalue weighted by Gasteiger charge is -2.19. The molecule has 0 aromatic rings. The van der Waals surface area contributed by atoms with Gasteiger partial charge in [0.1, 0.15) is 6.61 Å². The van der Waals surface area contributed by atoms with Gasteiger partial charge in [-0.15, -0.1) is 0 Å². The maximum atomic E-state index is 11.6. The Labute approximate surface area is 90.1 Å². The zero-order valence-electron chi connectivity index (χ0n) is 9.69. The molecule has 0 unspecified atom stereocenters. The number of halogens is 2. The van der Waals surface area contributed by atoms with Crippen LogP contribution in [-0.2, 0) is 9.47 Å². The second-order valence-corrected chi connectivity index (χ2v) is 4.18. The van der Waals surface area contributed by atoms with Crippen molar-refractivity contribution in [1.82, 2.24) is 5.32 Å². The van der Waals surface area contributed by atoms with Gasteiger partial charge >= 0.3 is 0 Å². The molecule has 0 aliphatic heterocycles. The van der Waals surface area contributed by atoms with E-state index >= 15 is 0 Å². The lowest BCUT2D eigenvalue weighted by atomic mass is 10.2. The lowest BCUT2D eigenvalue weighted by molar-refractivity contribution is -0.00319. The number of alkyl halides is 2. The quantitative estimate of drug-likeness (QED) is 0.637. The molecule has 0 amide bonds. The molecular weight excluding hydrogens is 204 g/mol. The second-order valence-electron chi connectivity index (χ2n) is 4.18. The summed E-state index contributed by atoms with van der Waals surface area (Å²) in [6.45, 7) is 7.66. The van der Waals surface area contributed by atoms with Crippen LogP contribution in [0.3, 0.4) is 0 Å². The van der Waals surface area contributed by atoms with Crippen molar-refractivity contribution in [3.05, 3.63) is 0 Å². The molecule has 92 valence electrons. The number of rotatable bonds is 8. The average molecular weight is 225 g/mol. The summed E-state index contributed by atoms with van der Waals surface area (Å²) in [6, 6.07) is 0. The first kappa shape index (κ1) is 14.7. The van der Waals surface area contributed by atoms with Gasteiger partial charge in [-0.25, -0.2) is 8.78 Å². The van der Waals surface area contributed by atoms with E-state index in [-0.39, 0.29) is 5.60 Å². The van der Waals surface area contributed by atoms with Crippen molar-refractivity contribution in [3.8, 4) is 0 Å². The van der Waals surface area contributed by atoms with Crippen molar-refractivity contribution in [1.29, 1.82) is 0 Å². The zero-order chi connectivity index (χ0) is 11.7. The van der Waals surface area contributed by atoms with Gasteiger partial charge in [-0.05, 0) is 20.8 Å². The summed E-state index contributed by atoms with van der Waals surface area (Å²) in [6.07, 6.45) is -2.38. The standard InChI is InChI=1S/C10H21F2NO2/c1-10(2,3)15-7-5-13-4-6-14-8-9(11)12/h9,13H,4-8H2,1-3H3. The lowest BCUT2D eigenvalue weighted by Crippen LogP contribution is -2.28. The SMILES string of the molecule is CC(C)(C)OCCNCCOCC(F)F. The van der Waals surface area contributed by atoms with E-state index in [1.54, 1.807) is 0 Å². The number of hydrogen-bond acceptors (Lipinski definition) is 3. The van der Waals surface area contributed by atoms with Crippen molar-refractivity contribution >= 4 is 0 Å². The molecule has 0 atom stereocenters. The highest BCUT2D eigenvalue weighted by molar-refractivity contribution is 4.59. The number of hydrogen-bond donors (Lipinski definition) is 1. The fourth-order valence-electron chi connectivity index (χ4n) is 0.871. The average Bonchev–Trinajstić information content (AvgIpc) is 2.07. The predicted octanol–water partition coefficient (Wildman–Crippen LogP) is 1.67. The van der Waals surface area contributed by atoms with Crippen LogP contribution in [0.2, 0.25) is 0 Å². The molecule has 5 heteroatoms. The normalized spacial score (nSPS) is 12.4. The molecule has 1 N–H and O–H groups in total. The largest absolute Gasteiger partial charge is 0.375 e. The molecule has 0 saturated carbocycles. The molecule has 0 saturated heterocycles. The Morgan fingerprint density at radius 1 is 1.13 bits per heavy atom. The summed E-state index contributed by atoms with van der Waals surface area (Å²) in [7, 11) is 0. The summed E-state index contributed by atoms with van der Waals surface area (Å²) >= 11 is 0. The third-order valence-corrected chi connectivity index (χ3v) is 1.48. The Hall–Kier alpha value is -0.260. The minimum absolute atomic E-state index is 0.131. The predicted molar refractivity (Wildman–Crippen MR) is 55.4 cm³/mol. The summed E-state index contributed by atoms with van der Waals surface area (Å²) in [5.74, 6) is 0. The molecule has 0 aromatic carbocycles. The molecule has 0 heterocycles.